The van der Waals surface area contributed by atoms with Crippen LogP contribution in [0.15, 0.2) is 83.5 Å². The van der Waals surface area contributed by atoms with Crippen LogP contribution < -0.4 is 20.9 Å². The third kappa shape index (κ3) is 5.21. The number of hydrogen-bond donors (Lipinski definition) is 2. The molecule has 1 heterocycles. The molecule has 0 saturated heterocycles. The molecule has 2 aromatic carbocycles. The normalized spacial score (nSPS) is 11.6. The third-order valence-corrected chi connectivity index (χ3v) is 4.16. The van der Waals surface area contributed by atoms with Crippen LogP contribution in [0.1, 0.15) is 12.2 Å². The summed E-state index contributed by atoms with van der Waals surface area (Å²) in [6.45, 7) is 0.306. The molecule has 7 heteroatoms. The van der Waals surface area contributed by atoms with Crippen molar-refractivity contribution in [1.29, 1.82) is 0 Å². The van der Waals surface area contributed by atoms with Gasteiger partial charge in [-0.15, -0.1) is 0 Å². The molecular formula is C21H21N3O4. The van der Waals surface area contributed by atoms with E-state index >= 15 is 0 Å². The average molecular weight is 379 g/mol. The summed E-state index contributed by atoms with van der Waals surface area (Å²) in [6.07, 6.45) is 1.28. The maximum absolute atomic E-state index is 12.6. The summed E-state index contributed by atoms with van der Waals surface area (Å²) in [6, 6.07) is 21.1. The quantitative estimate of drug-likeness (QED) is 0.534. The highest BCUT2D eigenvalue weighted by Gasteiger charge is 2.21. The summed E-state index contributed by atoms with van der Waals surface area (Å²) < 4.78 is 5.20. The highest BCUT2D eigenvalue weighted by atomic mass is 16.4. The lowest BCUT2D eigenvalue weighted by Gasteiger charge is -2.26. The molecule has 0 radical (unpaired) electrons. The van der Waals surface area contributed by atoms with E-state index in [1.54, 1.807) is 17.1 Å². The zero-order valence-corrected chi connectivity index (χ0v) is 15.2. The fourth-order valence-corrected chi connectivity index (χ4v) is 2.75. The number of hydrazine groups is 1. The van der Waals surface area contributed by atoms with Crippen LogP contribution in [0.5, 0.6) is 0 Å². The number of carbonyl (C=O) groups excluding carboxylic acids is 2. The SMILES string of the molecule is O=C(C[C@H]([NH2+]Cc1ccco1)C(=O)[O-])NN(c1ccccc1)c1ccccc1. The van der Waals surface area contributed by atoms with Crippen LogP contribution in [0.3, 0.4) is 0 Å². The number of carboxylic acid groups (broad SMARTS) is 1. The van der Waals surface area contributed by atoms with Crippen molar-refractivity contribution < 1.29 is 24.4 Å². The molecule has 3 aromatic rings. The van der Waals surface area contributed by atoms with Gasteiger partial charge >= 0.3 is 0 Å². The molecule has 3 N–H and O–H groups in total. The van der Waals surface area contributed by atoms with E-state index in [1.807, 2.05) is 60.7 Å². The van der Waals surface area contributed by atoms with Gasteiger partial charge in [-0.1, -0.05) is 36.4 Å². The first-order chi connectivity index (χ1) is 13.6. The Morgan fingerprint density at radius 2 is 1.57 bits per heavy atom. The molecule has 0 spiro atoms. The van der Waals surface area contributed by atoms with Crippen molar-refractivity contribution in [2.45, 2.75) is 19.0 Å². The van der Waals surface area contributed by atoms with Gasteiger partial charge in [-0.05, 0) is 36.4 Å². The van der Waals surface area contributed by atoms with Gasteiger partial charge in [0.2, 0.25) is 5.91 Å². The van der Waals surface area contributed by atoms with Crippen molar-refractivity contribution in [3.8, 4) is 0 Å². The van der Waals surface area contributed by atoms with Crippen molar-refractivity contribution in [2.24, 2.45) is 0 Å². The number of rotatable bonds is 9. The Labute approximate surface area is 162 Å². The third-order valence-electron chi connectivity index (χ3n) is 4.16. The summed E-state index contributed by atoms with van der Waals surface area (Å²) in [5.74, 6) is -1.10. The number of carbonyl (C=O) groups is 2. The van der Waals surface area contributed by atoms with Gasteiger partial charge in [-0.3, -0.25) is 15.2 Å². The predicted octanol–water partition coefficient (Wildman–Crippen LogP) is 0.721. The summed E-state index contributed by atoms with van der Waals surface area (Å²) in [7, 11) is 0. The first-order valence-corrected chi connectivity index (χ1v) is 8.90. The Morgan fingerprint density at radius 3 is 2.07 bits per heavy atom. The highest BCUT2D eigenvalue weighted by molar-refractivity contribution is 5.85. The fourth-order valence-electron chi connectivity index (χ4n) is 2.75. The van der Waals surface area contributed by atoms with Crippen LogP contribution in [0.2, 0.25) is 0 Å². The van der Waals surface area contributed by atoms with Crippen LogP contribution in [0.25, 0.3) is 0 Å². The number of amides is 1. The maximum atomic E-state index is 12.6. The Hall–Kier alpha value is -3.58. The van der Waals surface area contributed by atoms with Gasteiger partial charge in [-0.25, -0.2) is 0 Å². The first-order valence-electron chi connectivity index (χ1n) is 8.90. The standard InChI is InChI=1S/C21H21N3O4/c25-20(14-19(21(26)27)22-15-18-12-7-13-28-18)23-24(16-8-3-1-4-9-16)17-10-5-2-6-11-17/h1-13,19,22H,14-15H2,(H,23,25)(H,26,27)/t19-/m0/s1. The maximum Gasteiger partial charge on any atom is 0.245 e. The number of nitrogens with zero attached hydrogens (tertiary/aromatic N) is 1. The second-order valence-electron chi connectivity index (χ2n) is 6.19. The number of para-hydroxylation sites is 2. The lowest BCUT2D eigenvalue weighted by atomic mass is 10.2. The second-order valence-corrected chi connectivity index (χ2v) is 6.19. The van der Waals surface area contributed by atoms with E-state index in [2.05, 4.69) is 5.43 Å². The van der Waals surface area contributed by atoms with E-state index in [4.69, 9.17) is 4.42 Å². The van der Waals surface area contributed by atoms with E-state index in [9.17, 15) is 14.7 Å². The van der Waals surface area contributed by atoms with E-state index in [-0.39, 0.29) is 6.42 Å². The number of carboxylic acids is 1. The topological polar surface area (TPSA) is 102 Å². The summed E-state index contributed by atoms with van der Waals surface area (Å²) in [5, 5.41) is 14.6. The van der Waals surface area contributed by atoms with E-state index < -0.39 is 17.9 Å². The van der Waals surface area contributed by atoms with Crippen molar-refractivity contribution >= 4 is 23.3 Å². The molecule has 0 fully saturated rings. The highest BCUT2D eigenvalue weighted by Crippen LogP contribution is 2.22. The molecule has 0 unspecified atom stereocenters. The fraction of sp³-hybridized carbons (Fsp3) is 0.143. The van der Waals surface area contributed by atoms with Crippen LogP contribution in [-0.4, -0.2) is 17.9 Å². The first kappa shape index (κ1) is 19.2. The van der Waals surface area contributed by atoms with Gasteiger partial charge in [-0.2, -0.15) is 0 Å². The van der Waals surface area contributed by atoms with E-state index in [0.717, 1.165) is 11.4 Å². The summed E-state index contributed by atoms with van der Waals surface area (Å²) in [4.78, 5) is 24.0. The van der Waals surface area contributed by atoms with Crippen molar-refractivity contribution in [3.05, 3.63) is 84.8 Å². The number of benzene rings is 2. The minimum absolute atomic E-state index is 0.237. The number of anilines is 2. The Kier molecular flexibility index (Phi) is 6.43. The van der Waals surface area contributed by atoms with Gasteiger partial charge in [0.15, 0.2) is 5.76 Å². The Morgan fingerprint density at radius 1 is 0.964 bits per heavy atom. The van der Waals surface area contributed by atoms with Crippen molar-refractivity contribution in [2.75, 3.05) is 5.01 Å². The molecule has 0 saturated carbocycles. The Bertz CT molecular complexity index is 843. The molecule has 7 nitrogen and oxygen atoms in total. The van der Waals surface area contributed by atoms with Crippen LogP contribution in [0.4, 0.5) is 11.4 Å². The van der Waals surface area contributed by atoms with Gasteiger partial charge in [0.25, 0.3) is 0 Å². The molecule has 1 amide bonds. The average Bonchev–Trinajstić information content (AvgIpc) is 3.24. The smallest absolute Gasteiger partial charge is 0.245 e. The summed E-state index contributed by atoms with van der Waals surface area (Å²) in [5.41, 5.74) is 4.30. The molecule has 1 atom stereocenters. The van der Waals surface area contributed by atoms with Gasteiger partial charge < -0.3 is 19.6 Å². The number of furan rings is 1. The number of nitrogens with two attached hydrogens (primary N) is 1. The van der Waals surface area contributed by atoms with Crippen LogP contribution in [-0.2, 0) is 16.1 Å². The van der Waals surface area contributed by atoms with Crippen molar-refractivity contribution in [3.63, 3.8) is 0 Å². The van der Waals surface area contributed by atoms with E-state index in [0.29, 0.717) is 12.3 Å². The molecular weight excluding hydrogens is 358 g/mol. The van der Waals surface area contributed by atoms with Gasteiger partial charge in [0, 0.05) is 0 Å². The van der Waals surface area contributed by atoms with Crippen LogP contribution in [0, 0.1) is 0 Å². The zero-order valence-electron chi connectivity index (χ0n) is 15.2. The van der Waals surface area contributed by atoms with Crippen LogP contribution >= 0.6 is 0 Å². The molecule has 28 heavy (non-hydrogen) atoms. The van der Waals surface area contributed by atoms with E-state index in [1.165, 1.54) is 11.6 Å². The molecule has 1 aromatic heterocycles. The lowest BCUT2D eigenvalue weighted by molar-refractivity contribution is -0.699. The molecule has 0 aliphatic carbocycles. The lowest BCUT2D eigenvalue weighted by Crippen LogP contribution is -2.92. The number of quaternary nitrogens is 1. The predicted molar refractivity (Wildman–Crippen MR) is 101 cm³/mol. The molecule has 0 bridgehead atoms. The molecule has 0 aliphatic rings. The molecule has 0 aliphatic heterocycles. The zero-order chi connectivity index (χ0) is 19.8. The second kappa shape index (κ2) is 9.38. The number of nitrogens with one attached hydrogen (secondary N) is 1. The minimum atomic E-state index is -1.30. The number of aliphatic carboxylic acids is 1. The number of hydrogen-bond acceptors (Lipinski definition) is 5. The monoisotopic (exact) mass is 379 g/mol. The largest absolute Gasteiger partial charge is 0.544 e. The van der Waals surface area contributed by atoms with Crippen molar-refractivity contribution in [1.82, 2.24) is 5.43 Å². The Balaban J connectivity index is 1.69. The van der Waals surface area contributed by atoms with Gasteiger partial charge in [0.05, 0.1) is 30.0 Å². The molecule has 3 rings (SSSR count). The minimum Gasteiger partial charge on any atom is -0.544 e. The van der Waals surface area contributed by atoms with Gasteiger partial charge in [0.1, 0.15) is 12.6 Å². The molecule has 144 valence electrons. The summed E-state index contributed by atoms with van der Waals surface area (Å²) >= 11 is 0.